The molecule has 7 nitrogen and oxygen atoms in total. The Hall–Kier alpha value is -2.41. The van der Waals surface area contributed by atoms with Crippen molar-refractivity contribution in [3.05, 3.63) is 35.4 Å². The highest BCUT2D eigenvalue weighted by Gasteiger charge is 2.44. The summed E-state index contributed by atoms with van der Waals surface area (Å²) in [4.78, 5) is 40.4. The minimum atomic E-state index is -0.737. The van der Waals surface area contributed by atoms with Crippen molar-refractivity contribution in [2.45, 2.75) is 71.5 Å². The number of aryl methyl sites for hydroxylation is 1. The molecule has 4 N–H and O–H groups in total. The number of benzene rings is 1. The molecule has 1 aromatic rings. The van der Waals surface area contributed by atoms with Crippen molar-refractivity contribution in [2.75, 3.05) is 13.1 Å². The number of nitrogens with two attached hydrogens (primary N) is 1. The maximum absolute atomic E-state index is 13.5. The zero-order chi connectivity index (χ0) is 22.8. The average molecular weight is 429 g/mol. The lowest BCUT2D eigenvalue weighted by Gasteiger charge is -2.36. The van der Waals surface area contributed by atoms with E-state index in [-0.39, 0.29) is 36.2 Å². The summed E-state index contributed by atoms with van der Waals surface area (Å²) in [5, 5.41) is 5.98. The van der Waals surface area contributed by atoms with Gasteiger partial charge in [0.1, 0.15) is 12.1 Å². The number of hydrogen-bond donors (Lipinski definition) is 3. The smallest absolute Gasteiger partial charge is 0.246 e. The van der Waals surface area contributed by atoms with Crippen molar-refractivity contribution in [3.8, 4) is 0 Å². The molecular formula is C24H36N4O3. The molecule has 1 saturated heterocycles. The van der Waals surface area contributed by atoms with Gasteiger partial charge in [-0.3, -0.25) is 14.4 Å². The zero-order valence-corrected chi connectivity index (χ0v) is 19.1. The number of likely N-dealkylation sites (tertiary alicyclic amines) is 1. The minimum absolute atomic E-state index is 0.0272. The van der Waals surface area contributed by atoms with Gasteiger partial charge in [0.2, 0.25) is 17.7 Å². The van der Waals surface area contributed by atoms with Gasteiger partial charge < -0.3 is 21.3 Å². The van der Waals surface area contributed by atoms with E-state index in [9.17, 15) is 14.4 Å². The highest BCUT2D eigenvalue weighted by Crippen LogP contribution is 2.32. The summed E-state index contributed by atoms with van der Waals surface area (Å²) in [7, 11) is 0. The molecule has 0 spiro atoms. The number of fused-ring (bicyclic) bond motifs is 1. The average Bonchev–Trinajstić information content (AvgIpc) is 3.12. The molecule has 1 aromatic carbocycles. The first-order valence-electron chi connectivity index (χ1n) is 11.3. The van der Waals surface area contributed by atoms with Gasteiger partial charge in [0.05, 0.1) is 12.6 Å². The van der Waals surface area contributed by atoms with Crippen LogP contribution in [-0.2, 0) is 20.8 Å². The van der Waals surface area contributed by atoms with E-state index < -0.39 is 17.5 Å². The number of nitrogens with zero attached hydrogens (tertiary/aromatic N) is 1. The first-order valence-corrected chi connectivity index (χ1v) is 11.3. The monoisotopic (exact) mass is 428 g/mol. The van der Waals surface area contributed by atoms with Crippen molar-refractivity contribution < 1.29 is 14.4 Å². The van der Waals surface area contributed by atoms with Gasteiger partial charge >= 0.3 is 0 Å². The molecule has 1 aliphatic carbocycles. The molecule has 3 amide bonds. The first-order chi connectivity index (χ1) is 14.6. The first kappa shape index (κ1) is 23.3. The summed E-state index contributed by atoms with van der Waals surface area (Å²) in [6, 6.07) is 6.94. The fourth-order valence-electron chi connectivity index (χ4n) is 4.74. The Morgan fingerprint density at radius 2 is 1.94 bits per heavy atom. The van der Waals surface area contributed by atoms with Crippen LogP contribution in [0.3, 0.4) is 0 Å². The minimum Gasteiger partial charge on any atom is -0.347 e. The Labute approximate surface area is 185 Å². The van der Waals surface area contributed by atoms with E-state index in [1.54, 1.807) is 4.90 Å². The third kappa shape index (κ3) is 5.26. The van der Waals surface area contributed by atoms with Crippen LogP contribution >= 0.6 is 0 Å². The molecular weight excluding hydrogens is 392 g/mol. The van der Waals surface area contributed by atoms with Crippen molar-refractivity contribution in [1.29, 1.82) is 0 Å². The SMILES string of the molecule is CC1CC(C(=O)NC2CCCc3ccccc32)N(C(=O)C(NC(=O)CN)C(C)(C)C)C1. The van der Waals surface area contributed by atoms with E-state index in [1.165, 1.54) is 11.1 Å². The van der Waals surface area contributed by atoms with Crippen molar-refractivity contribution >= 4 is 17.7 Å². The van der Waals surface area contributed by atoms with Crippen LogP contribution in [-0.4, -0.2) is 47.8 Å². The normalized spacial score (nSPS) is 24.3. The summed E-state index contributed by atoms with van der Waals surface area (Å²) < 4.78 is 0. The van der Waals surface area contributed by atoms with E-state index >= 15 is 0 Å². The van der Waals surface area contributed by atoms with Crippen LogP contribution in [0.5, 0.6) is 0 Å². The van der Waals surface area contributed by atoms with Crippen LogP contribution in [0.4, 0.5) is 0 Å². The fourth-order valence-corrected chi connectivity index (χ4v) is 4.74. The molecule has 4 atom stereocenters. The van der Waals surface area contributed by atoms with Crippen LogP contribution in [0.1, 0.15) is 64.1 Å². The van der Waals surface area contributed by atoms with Gasteiger partial charge in [0.15, 0.2) is 0 Å². The van der Waals surface area contributed by atoms with Gasteiger partial charge in [-0.2, -0.15) is 0 Å². The van der Waals surface area contributed by atoms with Crippen LogP contribution in [0.25, 0.3) is 0 Å². The van der Waals surface area contributed by atoms with E-state index in [1.807, 2.05) is 39.8 Å². The quantitative estimate of drug-likeness (QED) is 0.666. The van der Waals surface area contributed by atoms with Gasteiger partial charge in [0.25, 0.3) is 0 Å². The Morgan fingerprint density at radius 1 is 1.23 bits per heavy atom. The van der Waals surface area contributed by atoms with Crippen LogP contribution in [0.15, 0.2) is 24.3 Å². The van der Waals surface area contributed by atoms with Gasteiger partial charge in [0, 0.05) is 6.54 Å². The molecule has 0 bridgehead atoms. The standard InChI is InChI=1S/C24H36N4O3/c1-15-12-19(22(30)26-18-11-7-9-16-8-5-6-10-17(16)18)28(14-15)23(31)21(24(2,3)4)27-20(29)13-25/h5-6,8,10,15,18-19,21H,7,9,11-14,25H2,1-4H3,(H,26,30)(H,27,29). The number of rotatable bonds is 5. The van der Waals surface area contributed by atoms with Gasteiger partial charge in [-0.25, -0.2) is 0 Å². The summed E-state index contributed by atoms with van der Waals surface area (Å²) in [6.07, 6.45) is 3.58. The maximum atomic E-state index is 13.5. The Bertz CT molecular complexity index is 832. The second-order valence-corrected chi connectivity index (χ2v) is 10.1. The highest BCUT2D eigenvalue weighted by atomic mass is 16.2. The largest absolute Gasteiger partial charge is 0.347 e. The number of carbonyl (C=O) groups excluding carboxylic acids is 3. The molecule has 1 heterocycles. The molecule has 0 saturated carbocycles. The third-order valence-electron chi connectivity index (χ3n) is 6.39. The number of amides is 3. The molecule has 0 radical (unpaired) electrons. The predicted molar refractivity (Wildman–Crippen MR) is 120 cm³/mol. The van der Waals surface area contributed by atoms with Crippen LogP contribution in [0, 0.1) is 11.3 Å². The molecule has 31 heavy (non-hydrogen) atoms. The van der Waals surface area contributed by atoms with Crippen LogP contribution < -0.4 is 16.4 Å². The number of nitrogens with one attached hydrogen (secondary N) is 2. The molecule has 0 aromatic heterocycles. The summed E-state index contributed by atoms with van der Waals surface area (Å²) in [5.41, 5.74) is 7.41. The highest BCUT2D eigenvalue weighted by molar-refractivity contribution is 5.93. The molecule has 170 valence electrons. The molecule has 7 heteroatoms. The lowest BCUT2D eigenvalue weighted by atomic mass is 9.85. The zero-order valence-electron chi connectivity index (χ0n) is 19.1. The van der Waals surface area contributed by atoms with E-state index in [2.05, 4.69) is 22.8 Å². The Balaban J connectivity index is 1.78. The lowest BCUT2D eigenvalue weighted by Crippen LogP contribution is -2.58. The maximum Gasteiger partial charge on any atom is 0.246 e. The van der Waals surface area contributed by atoms with Crippen molar-refractivity contribution in [3.63, 3.8) is 0 Å². The van der Waals surface area contributed by atoms with Gasteiger partial charge in [-0.15, -0.1) is 0 Å². The van der Waals surface area contributed by atoms with Gasteiger partial charge in [-0.05, 0) is 48.1 Å². The Morgan fingerprint density at radius 3 is 2.61 bits per heavy atom. The topological polar surface area (TPSA) is 105 Å². The molecule has 1 aliphatic heterocycles. The lowest BCUT2D eigenvalue weighted by molar-refractivity contribution is -0.144. The Kier molecular flexibility index (Phi) is 7.04. The number of carbonyl (C=O) groups is 3. The summed E-state index contributed by atoms with van der Waals surface area (Å²) in [6.45, 7) is 8.08. The molecule has 1 fully saturated rings. The summed E-state index contributed by atoms with van der Waals surface area (Å²) >= 11 is 0. The fraction of sp³-hybridized carbons (Fsp3) is 0.625. The van der Waals surface area contributed by atoms with Crippen molar-refractivity contribution in [2.24, 2.45) is 17.1 Å². The summed E-state index contributed by atoms with van der Waals surface area (Å²) in [5.74, 6) is -0.496. The predicted octanol–water partition coefficient (Wildman–Crippen LogP) is 1.91. The molecule has 3 rings (SSSR count). The second-order valence-electron chi connectivity index (χ2n) is 10.1. The molecule has 4 unspecified atom stereocenters. The number of hydrogen-bond acceptors (Lipinski definition) is 4. The second kappa shape index (κ2) is 9.39. The van der Waals surface area contributed by atoms with Crippen LogP contribution in [0.2, 0.25) is 0 Å². The van der Waals surface area contributed by atoms with E-state index in [0.29, 0.717) is 13.0 Å². The van der Waals surface area contributed by atoms with Crippen molar-refractivity contribution in [1.82, 2.24) is 15.5 Å². The van der Waals surface area contributed by atoms with E-state index in [4.69, 9.17) is 5.73 Å². The van der Waals surface area contributed by atoms with E-state index in [0.717, 1.165) is 19.3 Å². The molecule has 2 aliphatic rings. The van der Waals surface area contributed by atoms with Gasteiger partial charge in [-0.1, -0.05) is 52.0 Å². The third-order valence-corrected chi connectivity index (χ3v) is 6.39.